The number of rotatable bonds is 4. The predicted molar refractivity (Wildman–Crippen MR) is 96.7 cm³/mol. The molecule has 2 heterocycles. The van der Waals surface area contributed by atoms with Crippen LogP contribution in [0.15, 0.2) is 48.5 Å². The minimum Gasteiger partial charge on any atom is -0.336 e. The SMILES string of the molecule is O=C(c1ccc(F)cc1)N1CCN(Cc2nnnn2-c2ccc(F)cc2)CC1. The van der Waals surface area contributed by atoms with Crippen LogP contribution in [0.2, 0.25) is 0 Å². The van der Waals surface area contributed by atoms with E-state index in [4.69, 9.17) is 0 Å². The maximum atomic E-state index is 13.1. The molecule has 0 N–H and O–H groups in total. The third-order valence-corrected chi connectivity index (χ3v) is 4.72. The van der Waals surface area contributed by atoms with E-state index in [1.54, 1.807) is 21.7 Å². The first kappa shape index (κ1) is 18.2. The highest BCUT2D eigenvalue weighted by Crippen LogP contribution is 2.14. The Morgan fingerprint density at radius 3 is 2.14 bits per heavy atom. The van der Waals surface area contributed by atoms with E-state index in [-0.39, 0.29) is 17.5 Å². The summed E-state index contributed by atoms with van der Waals surface area (Å²) in [4.78, 5) is 16.4. The Kier molecular flexibility index (Phi) is 5.07. The minimum absolute atomic E-state index is 0.101. The molecule has 28 heavy (non-hydrogen) atoms. The number of amides is 1. The molecule has 144 valence electrons. The lowest BCUT2D eigenvalue weighted by atomic mass is 10.2. The second-order valence-corrected chi connectivity index (χ2v) is 6.56. The molecule has 1 aliphatic heterocycles. The van der Waals surface area contributed by atoms with Gasteiger partial charge in [-0.05, 0) is 59.0 Å². The van der Waals surface area contributed by atoms with Gasteiger partial charge in [0, 0.05) is 31.7 Å². The first-order chi connectivity index (χ1) is 13.6. The van der Waals surface area contributed by atoms with Crippen molar-refractivity contribution in [1.29, 1.82) is 0 Å². The largest absolute Gasteiger partial charge is 0.336 e. The van der Waals surface area contributed by atoms with E-state index in [1.165, 1.54) is 36.4 Å². The molecule has 0 atom stereocenters. The number of aromatic nitrogens is 4. The minimum atomic E-state index is -0.361. The van der Waals surface area contributed by atoms with Gasteiger partial charge in [-0.1, -0.05) is 0 Å². The first-order valence-electron chi connectivity index (χ1n) is 8.90. The van der Waals surface area contributed by atoms with E-state index in [0.717, 1.165) is 0 Å². The van der Waals surface area contributed by atoms with Crippen molar-refractivity contribution in [2.75, 3.05) is 26.2 Å². The molecular weight excluding hydrogens is 366 g/mol. The highest BCUT2D eigenvalue weighted by Gasteiger charge is 2.23. The summed E-state index contributed by atoms with van der Waals surface area (Å²) < 4.78 is 27.7. The number of carbonyl (C=O) groups excluding carboxylic acids is 1. The second-order valence-electron chi connectivity index (χ2n) is 6.56. The highest BCUT2D eigenvalue weighted by molar-refractivity contribution is 5.94. The van der Waals surface area contributed by atoms with Crippen molar-refractivity contribution < 1.29 is 13.6 Å². The third kappa shape index (κ3) is 3.89. The second kappa shape index (κ2) is 7.81. The Bertz CT molecular complexity index is 949. The smallest absolute Gasteiger partial charge is 0.253 e. The van der Waals surface area contributed by atoms with Crippen molar-refractivity contribution in [2.45, 2.75) is 6.54 Å². The van der Waals surface area contributed by atoms with E-state index >= 15 is 0 Å². The monoisotopic (exact) mass is 384 g/mol. The lowest BCUT2D eigenvalue weighted by molar-refractivity contribution is 0.0624. The Labute approximate surface area is 160 Å². The predicted octanol–water partition coefficient (Wildman–Crippen LogP) is 1.90. The number of hydrogen-bond acceptors (Lipinski definition) is 5. The highest BCUT2D eigenvalue weighted by atomic mass is 19.1. The summed E-state index contributed by atoms with van der Waals surface area (Å²) in [5.74, 6) is -0.138. The zero-order valence-corrected chi connectivity index (χ0v) is 15.0. The standard InChI is InChI=1S/C19H18F2N6O/c20-15-3-1-14(2-4-15)19(28)26-11-9-25(10-12-26)13-18-22-23-24-27(18)17-7-5-16(21)6-8-17/h1-8H,9-13H2. The van der Waals surface area contributed by atoms with Gasteiger partial charge in [0.2, 0.25) is 0 Å². The Morgan fingerprint density at radius 1 is 0.893 bits per heavy atom. The normalized spacial score (nSPS) is 15.0. The van der Waals surface area contributed by atoms with Gasteiger partial charge in [0.1, 0.15) is 11.6 Å². The number of tetrazole rings is 1. The molecule has 1 fully saturated rings. The van der Waals surface area contributed by atoms with E-state index in [0.29, 0.717) is 49.8 Å². The fourth-order valence-electron chi connectivity index (χ4n) is 3.17. The van der Waals surface area contributed by atoms with E-state index in [1.807, 2.05) is 0 Å². The van der Waals surface area contributed by atoms with Crippen molar-refractivity contribution in [3.8, 4) is 5.69 Å². The van der Waals surface area contributed by atoms with E-state index in [9.17, 15) is 13.6 Å². The van der Waals surface area contributed by atoms with Gasteiger partial charge < -0.3 is 4.90 Å². The van der Waals surface area contributed by atoms with Gasteiger partial charge in [-0.15, -0.1) is 5.10 Å². The maximum Gasteiger partial charge on any atom is 0.253 e. The number of benzene rings is 2. The molecule has 0 unspecified atom stereocenters. The van der Waals surface area contributed by atoms with E-state index in [2.05, 4.69) is 20.4 Å². The average molecular weight is 384 g/mol. The van der Waals surface area contributed by atoms with Crippen LogP contribution in [0.25, 0.3) is 5.69 Å². The van der Waals surface area contributed by atoms with Crippen LogP contribution in [0.5, 0.6) is 0 Å². The van der Waals surface area contributed by atoms with Gasteiger partial charge in [-0.3, -0.25) is 9.69 Å². The van der Waals surface area contributed by atoms with Gasteiger partial charge in [0.15, 0.2) is 5.82 Å². The summed E-state index contributed by atoms with van der Waals surface area (Å²) >= 11 is 0. The molecule has 9 heteroatoms. The molecule has 1 aromatic heterocycles. The van der Waals surface area contributed by atoms with Gasteiger partial charge >= 0.3 is 0 Å². The molecular formula is C19H18F2N6O. The molecule has 1 amide bonds. The summed E-state index contributed by atoms with van der Waals surface area (Å²) in [6.45, 7) is 2.98. The molecule has 1 aliphatic rings. The summed E-state index contributed by atoms with van der Waals surface area (Å²) in [6.07, 6.45) is 0. The first-order valence-corrected chi connectivity index (χ1v) is 8.90. The van der Waals surface area contributed by atoms with Crippen molar-refractivity contribution in [1.82, 2.24) is 30.0 Å². The fourth-order valence-corrected chi connectivity index (χ4v) is 3.17. The summed E-state index contributed by atoms with van der Waals surface area (Å²) in [6, 6.07) is 11.5. The topological polar surface area (TPSA) is 67.2 Å². The Balaban J connectivity index is 1.38. The summed E-state index contributed by atoms with van der Waals surface area (Å²) in [5.41, 5.74) is 1.17. The maximum absolute atomic E-state index is 13.1. The molecule has 0 bridgehead atoms. The lowest BCUT2D eigenvalue weighted by Crippen LogP contribution is -2.48. The van der Waals surface area contributed by atoms with Crippen LogP contribution in [0.1, 0.15) is 16.2 Å². The number of hydrogen-bond donors (Lipinski definition) is 0. The fraction of sp³-hybridized carbons (Fsp3) is 0.263. The van der Waals surface area contributed by atoms with Gasteiger partial charge in [0.25, 0.3) is 5.91 Å². The van der Waals surface area contributed by atoms with Crippen LogP contribution < -0.4 is 0 Å². The quantitative estimate of drug-likeness (QED) is 0.687. The Hall–Kier alpha value is -3.20. The van der Waals surface area contributed by atoms with Gasteiger partial charge in [0.05, 0.1) is 12.2 Å². The average Bonchev–Trinajstić information content (AvgIpc) is 3.17. The zero-order chi connectivity index (χ0) is 19.5. The van der Waals surface area contributed by atoms with Crippen molar-refractivity contribution in [3.63, 3.8) is 0 Å². The van der Waals surface area contributed by atoms with Crippen LogP contribution in [0, 0.1) is 11.6 Å². The third-order valence-electron chi connectivity index (χ3n) is 4.72. The summed E-state index contributed by atoms with van der Waals surface area (Å²) in [5, 5.41) is 11.8. The number of nitrogens with zero attached hydrogens (tertiary/aromatic N) is 6. The molecule has 7 nitrogen and oxygen atoms in total. The molecule has 3 aromatic rings. The van der Waals surface area contributed by atoms with Crippen LogP contribution in [0.4, 0.5) is 8.78 Å². The van der Waals surface area contributed by atoms with Gasteiger partial charge in [-0.2, -0.15) is 4.68 Å². The molecule has 1 saturated heterocycles. The van der Waals surface area contributed by atoms with Crippen LogP contribution in [-0.4, -0.2) is 62.1 Å². The molecule has 2 aromatic carbocycles. The summed E-state index contributed by atoms with van der Waals surface area (Å²) in [7, 11) is 0. The number of piperazine rings is 1. The van der Waals surface area contributed by atoms with Crippen LogP contribution in [0.3, 0.4) is 0 Å². The van der Waals surface area contributed by atoms with Crippen LogP contribution in [-0.2, 0) is 6.54 Å². The molecule has 0 saturated carbocycles. The van der Waals surface area contributed by atoms with Crippen molar-refractivity contribution in [3.05, 3.63) is 71.6 Å². The lowest BCUT2D eigenvalue weighted by Gasteiger charge is -2.34. The number of carbonyl (C=O) groups is 1. The molecule has 4 rings (SSSR count). The van der Waals surface area contributed by atoms with Crippen molar-refractivity contribution in [2.24, 2.45) is 0 Å². The molecule has 0 spiro atoms. The van der Waals surface area contributed by atoms with Gasteiger partial charge in [-0.25, -0.2) is 8.78 Å². The number of halogens is 2. The van der Waals surface area contributed by atoms with Crippen molar-refractivity contribution >= 4 is 5.91 Å². The zero-order valence-electron chi connectivity index (χ0n) is 15.0. The van der Waals surface area contributed by atoms with Crippen LogP contribution >= 0.6 is 0 Å². The molecule has 0 radical (unpaired) electrons. The Morgan fingerprint density at radius 2 is 1.50 bits per heavy atom. The van der Waals surface area contributed by atoms with E-state index < -0.39 is 0 Å². The molecule has 0 aliphatic carbocycles.